The van der Waals surface area contributed by atoms with Gasteiger partial charge in [0.2, 0.25) is 23.2 Å². The molecule has 0 N–H and O–H groups in total. The summed E-state index contributed by atoms with van der Waals surface area (Å²) in [6.45, 7) is 5.70. The molecule has 31 heavy (non-hydrogen) atoms. The fraction of sp³-hybridized carbons (Fsp3) is 0.304. The molecule has 0 bridgehead atoms. The van der Waals surface area contributed by atoms with Gasteiger partial charge >= 0.3 is 0 Å². The third-order valence-electron chi connectivity index (χ3n) is 5.00. The van der Waals surface area contributed by atoms with Crippen molar-refractivity contribution >= 4 is 39.3 Å². The Hall–Kier alpha value is -2.45. The smallest absolute Gasteiger partial charge is 0.247 e. The number of halogens is 1. The number of unbranched alkanes of at least 4 members (excludes halogenated alkanes) is 1. The Morgan fingerprint density at radius 3 is 2.77 bits per heavy atom. The highest BCUT2D eigenvalue weighted by Gasteiger charge is 2.35. The van der Waals surface area contributed by atoms with Crippen molar-refractivity contribution in [1.29, 1.82) is 0 Å². The van der Waals surface area contributed by atoms with Crippen LogP contribution >= 0.6 is 27.7 Å². The number of hydrogen-bond acceptors (Lipinski definition) is 6. The second kappa shape index (κ2) is 9.36. The molecule has 2 heterocycles. The van der Waals surface area contributed by atoms with Crippen LogP contribution in [0.15, 0.2) is 52.1 Å². The van der Waals surface area contributed by atoms with Gasteiger partial charge in [-0.25, -0.2) is 0 Å². The number of anilines is 1. The van der Waals surface area contributed by atoms with Crippen molar-refractivity contribution in [2.24, 2.45) is 0 Å². The van der Waals surface area contributed by atoms with E-state index in [9.17, 15) is 4.79 Å². The Balaban J connectivity index is 1.90. The molecule has 0 spiro atoms. The van der Waals surface area contributed by atoms with Gasteiger partial charge in [0.1, 0.15) is 0 Å². The summed E-state index contributed by atoms with van der Waals surface area (Å²) in [4.78, 5) is 19.2. The number of aryl methyl sites for hydroxylation is 1. The molecule has 1 amide bonds. The number of benzene rings is 2. The Kier molecular flexibility index (Phi) is 6.57. The summed E-state index contributed by atoms with van der Waals surface area (Å²) >= 11 is 5.17. The lowest BCUT2D eigenvalue weighted by Crippen LogP contribution is -2.36. The number of aromatic nitrogens is 3. The number of fused-ring (bicyclic) bond motifs is 3. The average molecular weight is 499 g/mol. The Labute approximate surface area is 194 Å². The number of amides is 1. The molecule has 0 saturated carbocycles. The molecule has 8 heteroatoms. The van der Waals surface area contributed by atoms with Crippen molar-refractivity contribution in [3.63, 3.8) is 0 Å². The quantitative estimate of drug-likeness (QED) is 0.320. The molecule has 1 aliphatic heterocycles. The zero-order chi connectivity index (χ0) is 22.0. The van der Waals surface area contributed by atoms with Gasteiger partial charge in [-0.15, -0.1) is 10.2 Å². The van der Waals surface area contributed by atoms with Crippen molar-refractivity contribution < 1.29 is 9.53 Å². The first-order valence-corrected chi connectivity index (χ1v) is 12.0. The van der Waals surface area contributed by atoms with E-state index in [1.807, 2.05) is 49.4 Å². The predicted molar refractivity (Wildman–Crippen MR) is 126 cm³/mol. The molecule has 0 radical (unpaired) electrons. The van der Waals surface area contributed by atoms with Crippen molar-refractivity contribution in [3.05, 3.63) is 58.1 Å². The second-order valence-corrected chi connectivity index (χ2v) is 9.27. The third kappa shape index (κ3) is 4.45. The largest absolute Gasteiger partial charge is 0.447 e. The molecular formula is C23H23BrN4O2S. The fourth-order valence-electron chi connectivity index (χ4n) is 3.46. The van der Waals surface area contributed by atoms with Gasteiger partial charge in [0, 0.05) is 28.3 Å². The molecule has 2 aromatic carbocycles. The van der Waals surface area contributed by atoms with Crippen LogP contribution in [-0.2, 0) is 4.79 Å². The van der Waals surface area contributed by atoms with E-state index in [0.717, 1.165) is 45.4 Å². The van der Waals surface area contributed by atoms with Crippen LogP contribution in [0.1, 0.15) is 44.0 Å². The Morgan fingerprint density at radius 2 is 2.03 bits per heavy atom. The van der Waals surface area contributed by atoms with Crippen LogP contribution in [0.3, 0.4) is 0 Å². The highest BCUT2D eigenvalue weighted by atomic mass is 79.9. The summed E-state index contributed by atoms with van der Waals surface area (Å²) in [6.07, 6.45) is 1.48. The lowest BCUT2D eigenvalue weighted by molar-refractivity contribution is -0.118. The minimum absolute atomic E-state index is 0.135. The lowest BCUT2D eigenvalue weighted by Gasteiger charge is -2.30. The number of carbonyl (C=O) groups is 1. The molecule has 1 unspecified atom stereocenters. The van der Waals surface area contributed by atoms with E-state index in [0.29, 0.717) is 16.7 Å². The minimum atomic E-state index is -0.694. The van der Waals surface area contributed by atoms with Gasteiger partial charge in [0.15, 0.2) is 5.69 Å². The summed E-state index contributed by atoms with van der Waals surface area (Å²) < 4.78 is 7.27. The molecule has 3 aromatic rings. The van der Waals surface area contributed by atoms with Crippen LogP contribution in [0.2, 0.25) is 0 Å². The van der Waals surface area contributed by atoms with E-state index in [1.165, 1.54) is 6.92 Å². The average Bonchev–Trinajstić information content (AvgIpc) is 2.88. The van der Waals surface area contributed by atoms with Crippen LogP contribution in [0, 0.1) is 6.92 Å². The normalized spacial score (nSPS) is 15.0. The summed E-state index contributed by atoms with van der Waals surface area (Å²) in [5, 5.41) is 9.38. The van der Waals surface area contributed by atoms with Gasteiger partial charge in [0.05, 0.1) is 5.69 Å². The van der Waals surface area contributed by atoms with Crippen LogP contribution < -0.4 is 9.64 Å². The fourth-order valence-corrected chi connectivity index (χ4v) is 4.81. The molecule has 6 nitrogen and oxygen atoms in total. The first-order valence-electron chi connectivity index (χ1n) is 10.2. The Bertz CT molecular complexity index is 1120. The molecule has 160 valence electrons. The molecule has 4 rings (SSSR count). The first kappa shape index (κ1) is 21.8. The zero-order valence-corrected chi connectivity index (χ0v) is 20.0. The lowest BCUT2D eigenvalue weighted by atomic mass is 10.0. The van der Waals surface area contributed by atoms with E-state index >= 15 is 0 Å². The molecular weight excluding hydrogens is 476 g/mol. The topological polar surface area (TPSA) is 68.2 Å². The number of ether oxygens (including phenoxy) is 1. The van der Waals surface area contributed by atoms with Gasteiger partial charge in [-0.2, -0.15) is 4.98 Å². The second-order valence-electron chi connectivity index (χ2n) is 7.35. The van der Waals surface area contributed by atoms with Gasteiger partial charge in [-0.1, -0.05) is 70.9 Å². The van der Waals surface area contributed by atoms with Crippen LogP contribution in [-0.4, -0.2) is 26.8 Å². The van der Waals surface area contributed by atoms with Gasteiger partial charge in [0.25, 0.3) is 0 Å². The number of thioether (sulfide) groups is 1. The summed E-state index contributed by atoms with van der Waals surface area (Å²) in [5.41, 5.74) is 3.93. The molecule has 0 fully saturated rings. The molecule has 1 atom stereocenters. The minimum Gasteiger partial charge on any atom is -0.447 e. The maximum atomic E-state index is 12.9. The van der Waals surface area contributed by atoms with Crippen molar-refractivity contribution in [2.75, 3.05) is 10.7 Å². The Morgan fingerprint density at radius 1 is 1.23 bits per heavy atom. The van der Waals surface area contributed by atoms with E-state index in [-0.39, 0.29) is 5.91 Å². The number of nitrogens with zero attached hydrogens (tertiary/aromatic N) is 4. The highest BCUT2D eigenvalue weighted by Crippen LogP contribution is 2.44. The molecule has 0 aliphatic carbocycles. The van der Waals surface area contributed by atoms with E-state index in [1.54, 1.807) is 16.7 Å². The molecule has 0 saturated heterocycles. The van der Waals surface area contributed by atoms with Crippen molar-refractivity contribution in [1.82, 2.24) is 15.2 Å². The van der Waals surface area contributed by atoms with Gasteiger partial charge in [-0.05, 0) is 31.5 Å². The summed E-state index contributed by atoms with van der Waals surface area (Å²) in [5.74, 6) is 1.16. The third-order valence-corrected chi connectivity index (χ3v) is 6.65. The van der Waals surface area contributed by atoms with E-state index < -0.39 is 6.23 Å². The highest BCUT2D eigenvalue weighted by molar-refractivity contribution is 9.10. The maximum Gasteiger partial charge on any atom is 0.247 e. The van der Waals surface area contributed by atoms with Crippen LogP contribution in [0.4, 0.5) is 5.69 Å². The van der Waals surface area contributed by atoms with Crippen LogP contribution in [0.5, 0.6) is 5.88 Å². The van der Waals surface area contributed by atoms with E-state index in [2.05, 4.69) is 38.0 Å². The number of carbonyl (C=O) groups excluding carboxylic acids is 1. The standard InChI is InChI=1S/C23H23BrN4O2S/c1-4-5-12-31-23-25-21-20(26-27-23)17-13-14(2)10-11-19(17)28(15(3)29)22(30-21)16-8-6-7-9-18(16)24/h6-11,13,22H,4-5,12H2,1-3H3. The molecule has 1 aliphatic rings. The van der Waals surface area contributed by atoms with Crippen molar-refractivity contribution in [2.45, 2.75) is 45.0 Å². The van der Waals surface area contributed by atoms with Crippen LogP contribution in [0.25, 0.3) is 11.3 Å². The first-order chi connectivity index (χ1) is 15.0. The summed E-state index contributed by atoms with van der Waals surface area (Å²) in [7, 11) is 0. The number of hydrogen-bond donors (Lipinski definition) is 0. The monoisotopic (exact) mass is 498 g/mol. The number of rotatable bonds is 5. The van der Waals surface area contributed by atoms with Gasteiger partial charge < -0.3 is 4.74 Å². The van der Waals surface area contributed by atoms with E-state index in [4.69, 9.17) is 4.74 Å². The SMILES string of the molecule is CCCCSc1nnc2c(n1)OC(c1ccccc1Br)N(C(C)=O)c1ccc(C)cc1-2. The maximum absolute atomic E-state index is 12.9. The van der Waals surface area contributed by atoms with Crippen molar-refractivity contribution in [3.8, 4) is 17.1 Å². The summed E-state index contributed by atoms with van der Waals surface area (Å²) in [6, 6.07) is 13.6. The van der Waals surface area contributed by atoms with Gasteiger partial charge in [-0.3, -0.25) is 9.69 Å². The predicted octanol–water partition coefficient (Wildman–Crippen LogP) is 5.95. The zero-order valence-electron chi connectivity index (χ0n) is 17.6. The molecule has 1 aromatic heterocycles.